The number of nitrogens with one attached hydrogen (secondary N) is 1. The van der Waals surface area contributed by atoms with Crippen LogP contribution < -0.4 is 5.32 Å². The average molecular weight is 537 g/mol. The first-order valence-electron chi connectivity index (χ1n) is 13.6. The molecule has 1 saturated carbocycles. The normalized spacial score (nSPS) is 22.1. The van der Waals surface area contributed by atoms with Gasteiger partial charge in [-0.05, 0) is 55.4 Å². The Morgan fingerprint density at radius 3 is 2.48 bits per heavy atom. The summed E-state index contributed by atoms with van der Waals surface area (Å²) in [6.45, 7) is 7.33. The van der Waals surface area contributed by atoms with Crippen molar-refractivity contribution in [1.82, 2.24) is 30.0 Å². The van der Waals surface area contributed by atoms with Crippen molar-refractivity contribution in [2.24, 2.45) is 5.41 Å². The van der Waals surface area contributed by atoms with Crippen LogP contribution in [-0.2, 0) is 16.1 Å². The van der Waals surface area contributed by atoms with E-state index in [1.807, 2.05) is 62.4 Å². The van der Waals surface area contributed by atoms with E-state index in [0.717, 1.165) is 23.1 Å². The minimum Gasteiger partial charge on any atom is -0.348 e. The van der Waals surface area contributed by atoms with Crippen LogP contribution >= 0.6 is 0 Å². The molecule has 40 heavy (non-hydrogen) atoms. The molecule has 1 saturated heterocycles. The molecule has 0 radical (unpaired) electrons. The van der Waals surface area contributed by atoms with Crippen molar-refractivity contribution < 1.29 is 14.4 Å². The van der Waals surface area contributed by atoms with Gasteiger partial charge in [0.05, 0.1) is 11.6 Å². The maximum atomic E-state index is 13.8. The van der Waals surface area contributed by atoms with Crippen molar-refractivity contribution in [3.63, 3.8) is 0 Å². The Balaban J connectivity index is 1.26. The molecular formula is C31H32N6O3. The summed E-state index contributed by atoms with van der Waals surface area (Å²) in [6, 6.07) is 14.8. The lowest BCUT2D eigenvalue weighted by atomic mass is 10.0. The molecule has 9 nitrogen and oxygen atoms in total. The van der Waals surface area contributed by atoms with Gasteiger partial charge in [0.1, 0.15) is 24.1 Å². The third-order valence-corrected chi connectivity index (χ3v) is 8.37. The van der Waals surface area contributed by atoms with Crippen LogP contribution in [0.3, 0.4) is 0 Å². The first-order chi connectivity index (χ1) is 19.1. The molecule has 4 aromatic rings. The predicted molar refractivity (Wildman–Crippen MR) is 150 cm³/mol. The molecule has 1 N–H and O–H groups in total. The number of ketones is 1. The number of benzene rings is 2. The molecule has 0 unspecified atom stereocenters. The number of rotatable bonds is 7. The van der Waals surface area contributed by atoms with Gasteiger partial charge >= 0.3 is 0 Å². The van der Waals surface area contributed by atoms with Crippen LogP contribution in [0.2, 0.25) is 0 Å². The topological polar surface area (TPSA) is 110 Å². The molecular weight excluding hydrogens is 504 g/mol. The number of hydrogen-bond acceptors (Lipinski definition) is 6. The van der Waals surface area contributed by atoms with Gasteiger partial charge in [-0.25, -0.2) is 9.97 Å². The van der Waals surface area contributed by atoms with Gasteiger partial charge < -0.3 is 10.2 Å². The molecule has 2 aromatic heterocycles. The van der Waals surface area contributed by atoms with Crippen LogP contribution in [-0.4, -0.2) is 54.3 Å². The highest BCUT2D eigenvalue weighted by molar-refractivity contribution is 6.06. The lowest BCUT2D eigenvalue weighted by molar-refractivity contribution is -0.140. The fraction of sp³-hybridized carbons (Fsp3) is 0.355. The smallest absolute Gasteiger partial charge is 0.245 e. The number of nitrogens with zero attached hydrogens (tertiary/aromatic N) is 5. The van der Waals surface area contributed by atoms with Crippen LogP contribution in [0.25, 0.3) is 22.0 Å². The molecule has 0 spiro atoms. The molecule has 2 amide bonds. The van der Waals surface area contributed by atoms with E-state index < -0.39 is 6.04 Å². The highest BCUT2D eigenvalue weighted by atomic mass is 16.2. The molecule has 2 fully saturated rings. The average Bonchev–Trinajstić information content (AvgIpc) is 3.31. The van der Waals surface area contributed by atoms with Crippen LogP contribution in [0, 0.1) is 12.3 Å². The molecule has 9 heteroatoms. The van der Waals surface area contributed by atoms with Gasteiger partial charge in [-0.1, -0.05) is 43.3 Å². The third kappa shape index (κ3) is 4.55. The number of Topliss-reactive ketones (excluding diaryl/α,β-unsaturated/α-hetero) is 1. The maximum absolute atomic E-state index is 13.8. The number of piperidine rings is 1. The molecule has 204 valence electrons. The summed E-state index contributed by atoms with van der Waals surface area (Å²) in [5.74, 6) is 0.180. The lowest BCUT2D eigenvalue weighted by Crippen LogP contribution is -2.49. The Morgan fingerprint density at radius 2 is 1.77 bits per heavy atom. The number of fused-ring (bicyclic) bond motifs is 2. The van der Waals surface area contributed by atoms with E-state index >= 15 is 0 Å². The molecule has 2 aliphatic rings. The minimum atomic E-state index is -0.537. The van der Waals surface area contributed by atoms with Crippen molar-refractivity contribution in [3.8, 4) is 11.1 Å². The highest BCUT2D eigenvalue weighted by Gasteiger charge is 2.64. The summed E-state index contributed by atoms with van der Waals surface area (Å²) in [5.41, 5.74) is 3.65. The van der Waals surface area contributed by atoms with E-state index in [-0.39, 0.29) is 41.6 Å². The van der Waals surface area contributed by atoms with Crippen molar-refractivity contribution in [1.29, 1.82) is 0 Å². The second-order valence-electron chi connectivity index (χ2n) is 11.3. The van der Waals surface area contributed by atoms with E-state index in [1.54, 1.807) is 22.0 Å². The third-order valence-electron chi connectivity index (χ3n) is 8.37. The zero-order valence-corrected chi connectivity index (χ0v) is 23.1. The minimum absolute atomic E-state index is 0.0324. The Kier molecular flexibility index (Phi) is 6.24. The first-order valence-corrected chi connectivity index (χ1v) is 13.6. The van der Waals surface area contributed by atoms with E-state index in [2.05, 4.69) is 27.3 Å². The molecule has 4 atom stereocenters. The summed E-state index contributed by atoms with van der Waals surface area (Å²) in [6.07, 6.45) is 5.01. The molecule has 6 rings (SSSR count). The van der Waals surface area contributed by atoms with Gasteiger partial charge in [-0.3, -0.25) is 19.1 Å². The monoisotopic (exact) mass is 536 g/mol. The number of aromatic nitrogens is 4. The van der Waals surface area contributed by atoms with Crippen LogP contribution in [0.1, 0.15) is 61.5 Å². The summed E-state index contributed by atoms with van der Waals surface area (Å²) in [5, 5.41) is 8.33. The van der Waals surface area contributed by atoms with Crippen LogP contribution in [0.15, 0.2) is 60.9 Å². The largest absolute Gasteiger partial charge is 0.348 e. The van der Waals surface area contributed by atoms with Gasteiger partial charge in [0.2, 0.25) is 11.8 Å². The van der Waals surface area contributed by atoms with Gasteiger partial charge in [0, 0.05) is 36.3 Å². The molecule has 0 bridgehead atoms. The van der Waals surface area contributed by atoms with Crippen molar-refractivity contribution >= 4 is 28.5 Å². The van der Waals surface area contributed by atoms with Gasteiger partial charge in [0.15, 0.2) is 5.78 Å². The maximum Gasteiger partial charge on any atom is 0.245 e. The summed E-state index contributed by atoms with van der Waals surface area (Å²) < 4.78 is 1.59. The van der Waals surface area contributed by atoms with Crippen molar-refractivity contribution in [2.75, 3.05) is 0 Å². The first kappa shape index (κ1) is 25.9. The van der Waals surface area contributed by atoms with Gasteiger partial charge in [-0.15, -0.1) is 0 Å². The fourth-order valence-corrected chi connectivity index (χ4v) is 5.99. The number of likely N-dealkylation sites (tertiary alicyclic amines) is 1. The van der Waals surface area contributed by atoms with Gasteiger partial charge in [0.25, 0.3) is 0 Å². The molecule has 2 aromatic carbocycles. The second-order valence-corrected chi connectivity index (χ2v) is 11.3. The van der Waals surface area contributed by atoms with E-state index in [9.17, 15) is 14.4 Å². The number of aryl methyl sites for hydroxylation is 1. The van der Waals surface area contributed by atoms with E-state index in [4.69, 9.17) is 0 Å². The van der Waals surface area contributed by atoms with Crippen molar-refractivity contribution in [3.05, 3.63) is 78.0 Å². The Bertz CT molecular complexity index is 1630. The summed E-state index contributed by atoms with van der Waals surface area (Å²) in [7, 11) is 0. The highest BCUT2D eigenvalue weighted by Crippen LogP contribution is 2.59. The molecule has 3 heterocycles. The quantitative estimate of drug-likeness (QED) is 0.354. The summed E-state index contributed by atoms with van der Waals surface area (Å²) in [4.78, 5) is 50.0. The number of carbonyl (C=O) groups is 3. The fourth-order valence-electron chi connectivity index (χ4n) is 5.99. The predicted octanol–water partition coefficient (Wildman–Crippen LogP) is 4.26. The van der Waals surface area contributed by atoms with Gasteiger partial charge in [-0.2, -0.15) is 5.10 Å². The molecule has 1 aliphatic heterocycles. The van der Waals surface area contributed by atoms with E-state index in [1.165, 1.54) is 6.92 Å². The Morgan fingerprint density at radius 1 is 1.05 bits per heavy atom. The molecule has 1 aliphatic carbocycles. The zero-order valence-electron chi connectivity index (χ0n) is 23.1. The van der Waals surface area contributed by atoms with Crippen LogP contribution in [0.4, 0.5) is 0 Å². The lowest BCUT2D eigenvalue weighted by Gasteiger charge is -2.28. The SMILES string of the molecule is CC(=O)c1nn(CC(=O)N2[C@H](C(=O)N[C@@H](C)c3ccccc3)C[C@@]3(C)C[C@@H]23)c2ccc(-c3cnc(C)nc3)cc12. The Labute approximate surface area is 232 Å². The summed E-state index contributed by atoms with van der Waals surface area (Å²) >= 11 is 0. The zero-order chi connectivity index (χ0) is 28.2. The van der Waals surface area contributed by atoms with E-state index in [0.29, 0.717) is 28.8 Å². The number of hydrogen-bond donors (Lipinski definition) is 1. The van der Waals surface area contributed by atoms with Crippen molar-refractivity contribution in [2.45, 2.75) is 65.2 Å². The number of carbonyl (C=O) groups excluding carboxylic acids is 3. The Hall–Kier alpha value is -4.40. The second kappa shape index (κ2) is 9.66. The standard InChI is InChI=1S/C31H32N6O3/c1-18(21-8-6-5-7-9-21)34-30(40)26-13-31(4)14-27(31)37(26)28(39)17-36-25-11-10-22(23-15-32-20(3)33-16-23)12-24(25)29(35-36)19(2)38/h5-12,15-16,18,26-27H,13-14,17H2,1-4H3,(H,34,40)/t18-,26-,27+,31-/m0/s1. The number of amides is 2. The van der Waals surface area contributed by atoms with Crippen LogP contribution in [0.5, 0.6) is 0 Å².